The number of primary amides is 1. The fourth-order valence-electron chi connectivity index (χ4n) is 4.86. The van der Waals surface area contributed by atoms with Crippen LogP contribution in [0.2, 0.25) is 10.0 Å². The maximum atomic E-state index is 14.2. The van der Waals surface area contributed by atoms with E-state index >= 15 is 0 Å². The van der Waals surface area contributed by atoms with Crippen molar-refractivity contribution in [3.8, 4) is 0 Å². The van der Waals surface area contributed by atoms with Crippen LogP contribution in [0.5, 0.6) is 0 Å². The van der Waals surface area contributed by atoms with E-state index in [4.69, 9.17) is 28.9 Å². The molecule has 1 atom stereocenters. The number of nitrogens with zero attached hydrogens (tertiary/aromatic N) is 1. The SMILES string of the molecule is CCCCC(C(=O)O)N(c1cccc2c(C(=O)NCc3ccccc3C(N)=O)cccc12)S(=O)(=O)c1cc(Cl)cc(Cl)c1. The predicted molar refractivity (Wildman–Crippen MR) is 167 cm³/mol. The monoisotopic (exact) mass is 641 g/mol. The van der Waals surface area contributed by atoms with Gasteiger partial charge in [0.15, 0.2) is 0 Å². The number of rotatable bonds is 12. The zero-order chi connectivity index (χ0) is 31.3. The first-order chi connectivity index (χ1) is 20.4. The second-order valence-electron chi connectivity index (χ2n) is 9.78. The van der Waals surface area contributed by atoms with Crippen LogP contribution in [-0.4, -0.2) is 37.3 Å². The molecule has 224 valence electrons. The van der Waals surface area contributed by atoms with E-state index in [1.54, 1.807) is 54.6 Å². The summed E-state index contributed by atoms with van der Waals surface area (Å²) in [6, 6.07) is 18.4. The molecule has 43 heavy (non-hydrogen) atoms. The topological polar surface area (TPSA) is 147 Å². The Morgan fingerprint density at radius 3 is 2.19 bits per heavy atom. The summed E-state index contributed by atoms with van der Waals surface area (Å²) in [4.78, 5) is 37.5. The number of carboxylic acid groups (broad SMARTS) is 1. The number of sulfonamides is 1. The number of amides is 2. The third kappa shape index (κ3) is 6.93. The Balaban J connectivity index is 1.84. The summed E-state index contributed by atoms with van der Waals surface area (Å²) in [7, 11) is -4.52. The second kappa shape index (κ2) is 13.5. The molecule has 0 spiro atoms. The molecule has 0 aromatic heterocycles. The smallest absolute Gasteiger partial charge is 0.327 e. The molecular formula is C31H29Cl2N3O6S. The Hall–Kier alpha value is -4.12. The molecule has 0 aliphatic rings. The van der Waals surface area contributed by atoms with Gasteiger partial charge in [-0.2, -0.15) is 0 Å². The van der Waals surface area contributed by atoms with E-state index in [1.807, 2.05) is 6.92 Å². The number of nitrogens with two attached hydrogens (primary N) is 1. The van der Waals surface area contributed by atoms with Gasteiger partial charge in [-0.05, 0) is 53.8 Å². The van der Waals surface area contributed by atoms with Gasteiger partial charge in [0.25, 0.3) is 15.9 Å². The standard InChI is InChI=1S/C31H29Cl2N3O6S/c1-2-3-13-28(31(39)40)36(43(41,42)22-16-20(32)15-21(33)17-22)27-14-7-10-24-25(27)11-6-12-26(24)30(38)35-18-19-8-4-5-9-23(19)29(34)37/h4-12,14-17,28H,2-3,13,18H2,1H3,(H2,34,37)(H,35,38)(H,39,40). The molecule has 4 rings (SSSR count). The van der Waals surface area contributed by atoms with Crippen LogP contribution in [-0.2, 0) is 21.4 Å². The normalized spacial score (nSPS) is 12.1. The number of carboxylic acids is 1. The molecule has 4 aromatic rings. The fourth-order valence-corrected chi connectivity index (χ4v) is 7.25. The van der Waals surface area contributed by atoms with Crippen molar-refractivity contribution < 1.29 is 27.9 Å². The highest BCUT2D eigenvalue weighted by Gasteiger charge is 2.37. The molecule has 0 fully saturated rings. The van der Waals surface area contributed by atoms with Crippen molar-refractivity contribution >= 4 is 67.5 Å². The molecular weight excluding hydrogens is 613 g/mol. The lowest BCUT2D eigenvalue weighted by Gasteiger charge is -2.31. The molecule has 0 saturated carbocycles. The van der Waals surface area contributed by atoms with Crippen molar-refractivity contribution in [3.05, 3.63) is 106 Å². The third-order valence-corrected chi connectivity index (χ3v) is 9.13. The lowest BCUT2D eigenvalue weighted by Crippen LogP contribution is -2.45. The molecule has 0 bridgehead atoms. The van der Waals surface area contributed by atoms with Gasteiger partial charge in [-0.3, -0.25) is 13.9 Å². The maximum Gasteiger partial charge on any atom is 0.327 e. The van der Waals surface area contributed by atoms with E-state index in [-0.39, 0.29) is 44.7 Å². The van der Waals surface area contributed by atoms with Crippen LogP contribution in [0.1, 0.15) is 52.5 Å². The van der Waals surface area contributed by atoms with Gasteiger partial charge in [0.1, 0.15) is 6.04 Å². The number of benzene rings is 4. The molecule has 0 saturated heterocycles. The molecule has 4 N–H and O–H groups in total. The molecule has 12 heteroatoms. The quantitative estimate of drug-likeness (QED) is 0.172. The molecule has 4 aromatic carbocycles. The van der Waals surface area contributed by atoms with Gasteiger partial charge in [-0.15, -0.1) is 0 Å². The Bertz CT molecular complexity index is 1790. The number of hydrogen-bond donors (Lipinski definition) is 3. The van der Waals surface area contributed by atoms with Crippen LogP contribution in [0.4, 0.5) is 5.69 Å². The molecule has 9 nitrogen and oxygen atoms in total. The number of carbonyl (C=O) groups excluding carboxylic acids is 2. The summed E-state index contributed by atoms with van der Waals surface area (Å²) < 4.78 is 29.2. The Morgan fingerprint density at radius 1 is 0.907 bits per heavy atom. The highest BCUT2D eigenvalue weighted by Crippen LogP contribution is 2.36. The van der Waals surface area contributed by atoms with Crippen molar-refractivity contribution in [2.75, 3.05) is 4.31 Å². The second-order valence-corrected chi connectivity index (χ2v) is 12.5. The van der Waals surface area contributed by atoms with Crippen molar-refractivity contribution in [1.29, 1.82) is 0 Å². The molecule has 0 heterocycles. The number of hydrogen-bond acceptors (Lipinski definition) is 5. The summed E-state index contributed by atoms with van der Waals surface area (Å²) in [6.07, 6.45) is 1.12. The molecule has 0 radical (unpaired) electrons. The molecule has 1 unspecified atom stereocenters. The minimum atomic E-state index is -4.52. The van der Waals surface area contributed by atoms with Crippen molar-refractivity contribution in [1.82, 2.24) is 5.32 Å². The predicted octanol–water partition coefficient (Wildman–Crippen LogP) is 6.01. The van der Waals surface area contributed by atoms with Gasteiger partial charge < -0.3 is 16.2 Å². The van der Waals surface area contributed by atoms with Gasteiger partial charge in [0, 0.05) is 33.1 Å². The fraction of sp³-hybridized carbons (Fsp3) is 0.194. The van der Waals surface area contributed by atoms with E-state index in [0.29, 0.717) is 29.2 Å². The van der Waals surface area contributed by atoms with Gasteiger partial charge >= 0.3 is 5.97 Å². The first kappa shape index (κ1) is 31.8. The van der Waals surface area contributed by atoms with Crippen LogP contribution in [0.15, 0.2) is 83.8 Å². The average molecular weight is 643 g/mol. The lowest BCUT2D eigenvalue weighted by atomic mass is 10.0. The largest absolute Gasteiger partial charge is 0.480 e. The van der Waals surface area contributed by atoms with Crippen LogP contribution >= 0.6 is 23.2 Å². The molecule has 0 aliphatic carbocycles. The Morgan fingerprint density at radius 2 is 1.53 bits per heavy atom. The van der Waals surface area contributed by atoms with Crippen LogP contribution in [0.25, 0.3) is 10.8 Å². The van der Waals surface area contributed by atoms with Crippen LogP contribution in [0, 0.1) is 0 Å². The lowest BCUT2D eigenvalue weighted by molar-refractivity contribution is -0.138. The summed E-state index contributed by atoms with van der Waals surface area (Å²) in [5.41, 5.74) is 6.56. The number of fused-ring (bicyclic) bond motifs is 1. The number of unbranched alkanes of at least 4 members (excludes halogenated alkanes) is 1. The van der Waals surface area contributed by atoms with E-state index in [2.05, 4.69) is 5.32 Å². The minimum absolute atomic E-state index is 0.0160. The maximum absolute atomic E-state index is 14.2. The first-order valence-electron chi connectivity index (χ1n) is 13.4. The van der Waals surface area contributed by atoms with E-state index < -0.39 is 33.8 Å². The highest BCUT2D eigenvalue weighted by atomic mass is 35.5. The average Bonchev–Trinajstić information content (AvgIpc) is 2.96. The number of carbonyl (C=O) groups is 3. The number of anilines is 1. The zero-order valence-corrected chi connectivity index (χ0v) is 25.4. The Labute approximate surface area is 259 Å². The van der Waals surface area contributed by atoms with Crippen molar-refractivity contribution in [3.63, 3.8) is 0 Å². The van der Waals surface area contributed by atoms with Gasteiger partial charge in [0.05, 0.1) is 10.6 Å². The van der Waals surface area contributed by atoms with Gasteiger partial charge in [-0.25, -0.2) is 13.2 Å². The summed E-state index contributed by atoms with van der Waals surface area (Å²) >= 11 is 12.3. The van der Waals surface area contributed by atoms with E-state index in [0.717, 1.165) is 4.31 Å². The number of aliphatic carboxylic acids is 1. The van der Waals surface area contributed by atoms with Crippen LogP contribution < -0.4 is 15.4 Å². The van der Waals surface area contributed by atoms with Crippen molar-refractivity contribution in [2.45, 2.75) is 43.7 Å². The Kier molecular flexibility index (Phi) is 9.95. The van der Waals surface area contributed by atoms with Gasteiger partial charge in [-0.1, -0.05) is 85.4 Å². The van der Waals surface area contributed by atoms with E-state index in [9.17, 15) is 27.9 Å². The summed E-state index contributed by atoms with van der Waals surface area (Å²) in [5, 5.41) is 13.9. The first-order valence-corrected chi connectivity index (χ1v) is 15.6. The number of nitrogens with one attached hydrogen (secondary N) is 1. The number of halogens is 2. The molecule has 2 amide bonds. The third-order valence-electron chi connectivity index (χ3n) is 6.90. The van der Waals surface area contributed by atoms with E-state index in [1.165, 1.54) is 24.3 Å². The minimum Gasteiger partial charge on any atom is -0.480 e. The van der Waals surface area contributed by atoms with Crippen molar-refractivity contribution in [2.24, 2.45) is 5.73 Å². The summed E-state index contributed by atoms with van der Waals surface area (Å²) in [5.74, 6) is -2.44. The summed E-state index contributed by atoms with van der Waals surface area (Å²) in [6.45, 7) is 1.89. The van der Waals surface area contributed by atoms with Gasteiger partial charge in [0.2, 0.25) is 5.91 Å². The zero-order valence-electron chi connectivity index (χ0n) is 23.1. The van der Waals surface area contributed by atoms with Crippen LogP contribution in [0.3, 0.4) is 0 Å². The highest BCUT2D eigenvalue weighted by molar-refractivity contribution is 7.93. The molecule has 0 aliphatic heterocycles.